The molecule has 0 aromatic rings. The molecule has 1 N–H and O–H groups in total. The zero-order valence-corrected chi connectivity index (χ0v) is 13.9. The molecule has 21 heavy (non-hydrogen) atoms. The van der Waals surface area contributed by atoms with Crippen LogP contribution >= 0.6 is 0 Å². The Hall–Kier alpha value is -0.850. The van der Waals surface area contributed by atoms with Crippen molar-refractivity contribution in [3.63, 3.8) is 0 Å². The lowest BCUT2D eigenvalue weighted by molar-refractivity contribution is -0.0595. The summed E-state index contributed by atoms with van der Waals surface area (Å²) in [6, 6.07) is 0.369. The fourth-order valence-electron chi connectivity index (χ4n) is 2.92. The van der Waals surface area contributed by atoms with E-state index in [4.69, 9.17) is 9.47 Å². The predicted molar refractivity (Wildman–Crippen MR) is 81.2 cm³/mol. The number of ether oxygens (including phenoxy) is 2. The van der Waals surface area contributed by atoms with Gasteiger partial charge in [-0.1, -0.05) is 0 Å². The van der Waals surface area contributed by atoms with Crippen molar-refractivity contribution in [1.82, 2.24) is 15.1 Å². The summed E-state index contributed by atoms with van der Waals surface area (Å²) in [6.45, 7) is 8.74. The molecule has 2 aliphatic heterocycles. The summed E-state index contributed by atoms with van der Waals surface area (Å²) in [5.41, 5.74) is -0.690. The van der Waals surface area contributed by atoms with Crippen molar-refractivity contribution in [3.05, 3.63) is 0 Å². The number of carbonyl (C=O) groups is 1. The van der Waals surface area contributed by atoms with Gasteiger partial charge in [0.1, 0.15) is 11.3 Å². The lowest BCUT2D eigenvalue weighted by Crippen LogP contribution is -2.55. The highest BCUT2D eigenvalue weighted by molar-refractivity contribution is 5.68. The van der Waals surface area contributed by atoms with E-state index in [1.807, 2.05) is 20.8 Å². The molecule has 1 spiro atoms. The van der Waals surface area contributed by atoms with Gasteiger partial charge in [0.05, 0.1) is 6.61 Å². The molecule has 0 saturated carbocycles. The van der Waals surface area contributed by atoms with E-state index in [2.05, 4.69) is 24.3 Å². The Balaban J connectivity index is 1.82. The van der Waals surface area contributed by atoms with Gasteiger partial charge < -0.3 is 19.3 Å². The fraction of sp³-hybridized carbons (Fsp3) is 0.933. The van der Waals surface area contributed by atoms with Gasteiger partial charge in [0.25, 0.3) is 0 Å². The highest BCUT2D eigenvalue weighted by Gasteiger charge is 2.43. The summed E-state index contributed by atoms with van der Waals surface area (Å²) in [7, 11) is 4.13. The Kier molecular flexibility index (Phi) is 4.80. The number of likely N-dealkylation sites (N-methyl/N-ethyl adjacent to an activating group) is 1. The summed E-state index contributed by atoms with van der Waals surface area (Å²) in [4.78, 5) is 16.0. The van der Waals surface area contributed by atoms with E-state index in [1.165, 1.54) is 0 Å². The van der Waals surface area contributed by atoms with Crippen LogP contribution in [0.2, 0.25) is 0 Å². The maximum atomic E-state index is 12.1. The Morgan fingerprint density at radius 2 is 2.00 bits per heavy atom. The first kappa shape index (κ1) is 16.5. The monoisotopic (exact) mass is 299 g/mol. The van der Waals surface area contributed by atoms with Crippen LogP contribution in [-0.4, -0.2) is 73.6 Å². The average Bonchev–Trinajstić information content (AvgIpc) is 2.70. The number of nitrogens with zero attached hydrogens (tertiary/aromatic N) is 2. The van der Waals surface area contributed by atoms with Crippen LogP contribution in [-0.2, 0) is 9.47 Å². The Morgan fingerprint density at radius 1 is 1.38 bits per heavy atom. The SMILES string of the molecule is CN(C)CC1COC2(CCN(C(=O)OC(C)(C)C)CC2)N1. The molecule has 1 unspecified atom stereocenters. The molecule has 2 rings (SSSR count). The topological polar surface area (TPSA) is 54.0 Å². The third-order valence-electron chi connectivity index (χ3n) is 3.84. The van der Waals surface area contributed by atoms with Gasteiger partial charge in [-0.2, -0.15) is 0 Å². The summed E-state index contributed by atoms with van der Waals surface area (Å²) < 4.78 is 11.4. The van der Waals surface area contributed by atoms with Gasteiger partial charge in [0.2, 0.25) is 0 Å². The van der Waals surface area contributed by atoms with Crippen molar-refractivity contribution in [3.8, 4) is 0 Å². The summed E-state index contributed by atoms with van der Waals surface area (Å²) in [5, 5.41) is 3.60. The molecule has 122 valence electrons. The molecule has 1 amide bonds. The molecule has 1 atom stereocenters. The second-order valence-electron chi connectivity index (χ2n) is 7.38. The molecule has 6 heteroatoms. The first-order valence-electron chi connectivity index (χ1n) is 7.73. The Bertz CT molecular complexity index is 371. The number of likely N-dealkylation sites (tertiary alicyclic amines) is 1. The molecule has 0 bridgehead atoms. The normalized spacial score (nSPS) is 25.6. The first-order valence-corrected chi connectivity index (χ1v) is 7.73. The zero-order valence-electron chi connectivity index (χ0n) is 13.9. The number of rotatable bonds is 2. The minimum atomic E-state index is -0.439. The van der Waals surface area contributed by atoms with E-state index in [0.29, 0.717) is 19.1 Å². The van der Waals surface area contributed by atoms with Crippen LogP contribution < -0.4 is 5.32 Å². The highest BCUT2D eigenvalue weighted by Crippen LogP contribution is 2.29. The molecule has 2 aliphatic rings. The number of piperidine rings is 1. The molecular weight excluding hydrogens is 270 g/mol. The molecule has 0 aliphatic carbocycles. The van der Waals surface area contributed by atoms with Crippen molar-refractivity contribution < 1.29 is 14.3 Å². The quantitative estimate of drug-likeness (QED) is 0.832. The summed E-state index contributed by atoms with van der Waals surface area (Å²) >= 11 is 0. The minimum Gasteiger partial charge on any atom is -0.444 e. The van der Waals surface area contributed by atoms with E-state index < -0.39 is 5.60 Å². The van der Waals surface area contributed by atoms with E-state index in [9.17, 15) is 4.79 Å². The number of nitrogens with one attached hydrogen (secondary N) is 1. The van der Waals surface area contributed by atoms with Crippen molar-refractivity contribution >= 4 is 6.09 Å². The number of hydrogen-bond acceptors (Lipinski definition) is 5. The molecule has 0 radical (unpaired) electrons. The zero-order chi connectivity index (χ0) is 15.7. The van der Waals surface area contributed by atoms with Crippen LogP contribution in [0.3, 0.4) is 0 Å². The predicted octanol–water partition coefficient (Wildman–Crippen LogP) is 1.26. The molecule has 2 saturated heterocycles. The van der Waals surface area contributed by atoms with Gasteiger partial charge in [0, 0.05) is 38.5 Å². The van der Waals surface area contributed by atoms with Crippen molar-refractivity contribution in [2.45, 2.75) is 51.0 Å². The number of hydrogen-bond donors (Lipinski definition) is 1. The van der Waals surface area contributed by atoms with Gasteiger partial charge in [0.15, 0.2) is 0 Å². The molecule has 0 aromatic heterocycles. The van der Waals surface area contributed by atoms with E-state index in [0.717, 1.165) is 26.0 Å². The second-order valence-corrected chi connectivity index (χ2v) is 7.38. The Labute approximate surface area is 127 Å². The maximum Gasteiger partial charge on any atom is 0.410 e. The van der Waals surface area contributed by atoms with Gasteiger partial charge >= 0.3 is 6.09 Å². The third kappa shape index (κ3) is 4.56. The van der Waals surface area contributed by atoms with Gasteiger partial charge in [-0.15, -0.1) is 0 Å². The minimum absolute atomic E-state index is 0.222. The van der Waals surface area contributed by atoms with Crippen LogP contribution in [0.25, 0.3) is 0 Å². The molecule has 0 aromatic carbocycles. The third-order valence-corrected chi connectivity index (χ3v) is 3.84. The van der Waals surface area contributed by atoms with Crippen molar-refractivity contribution in [2.75, 3.05) is 40.3 Å². The largest absolute Gasteiger partial charge is 0.444 e. The lowest BCUT2D eigenvalue weighted by atomic mass is 10.0. The number of amides is 1. The summed E-state index contributed by atoms with van der Waals surface area (Å²) in [5.74, 6) is 0. The lowest BCUT2D eigenvalue weighted by Gasteiger charge is -2.39. The van der Waals surface area contributed by atoms with Crippen LogP contribution in [0.15, 0.2) is 0 Å². The van der Waals surface area contributed by atoms with E-state index in [1.54, 1.807) is 4.90 Å². The maximum absolute atomic E-state index is 12.1. The van der Waals surface area contributed by atoms with Gasteiger partial charge in [-0.25, -0.2) is 4.79 Å². The standard InChI is InChI=1S/C15H29N3O3/c1-14(2,3)21-13(19)18-8-6-15(7-9-18)16-12(11-20-15)10-17(4)5/h12,16H,6-11H2,1-5H3. The fourth-order valence-corrected chi connectivity index (χ4v) is 2.92. The van der Waals surface area contributed by atoms with Crippen LogP contribution in [0.5, 0.6) is 0 Å². The van der Waals surface area contributed by atoms with Crippen molar-refractivity contribution in [2.24, 2.45) is 0 Å². The van der Waals surface area contributed by atoms with Crippen molar-refractivity contribution in [1.29, 1.82) is 0 Å². The second kappa shape index (κ2) is 6.10. The molecule has 2 fully saturated rings. The highest BCUT2D eigenvalue weighted by atomic mass is 16.6. The molecule has 6 nitrogen and oxygen atoms in total. The van der Waals surface area contributed by atoms with Crippen LogP contribution in [0, 0.1) is 0 Å². The average molecular weight is 299 g/mol. The van der Waals surface area contributed by atoms with Crippen LogP contribution in [0.1, 0.15) is 33.6 Å². The Morgan fingerprint density at radius 3 is 2.52 bits per heavy atom. The van der Waals surface area contributed by atoms with E-state index in [-0.39, 0.29) is 11.8 Å². The van der Waals surface area contributed by atoms with E-state index >= 15 is 0 Å². The summed E-state index contributed by atoms with van der Waals surface area (Å²) in [6.07, 6.45) is 1.41. The number of carbonyl (C=O) groups excluding carboxylic acids is 1. The van der Waals surface area contributed by atoms with Gasteiger partial charge in [-0.05, 0) is 34.9 Å². The van der Waals surface area contributed by atoms with Crippen LogP contribution in [0.4, 0.5) is 4.79 Å². The smallest absolute Gasteiger partial charge is 0.410 e. The molecular formula is C15H29N3O3. The molecule has 2 heterocycles. The first-order chi connectivity index (χ1) is 9.69. The van der Waals surface area contributed by atoms with Gasteiger partial charge in [-0.3, -0.25) is 5.32 Å².